The summed E-state index contributed by atoms with van der Waals surface area (Å²) in [4.78, 5) is 2.36. The van der Waals surface area contributed by atoms with E-state index < -0.39 is 0 Å². The second-order valence-corrected chi connectivity index (χ2v) is 4.90. The van der Waals surface area contributed by atoms with Gasteiger partial charge in [-0.1, -0.05) is 42.5 Å². The van der Waals surface area contributed by atoms with Crippen LogP contribution < -0.4 is 0 Å². The molecule has 90 valence electrons. The zero-order valence-corrected chi connectivity index (χ0v) is 11.2. The second-order valence-electron chi connectivity index (χ2n) is 4.45. The molecule has 0 aliphatic heterocycles. The molecule has 0 saturated heterocycles. The molecule has 0 N–H and O–H groups in total. The van der Waals surface area contributed by atoms with Gasteiger partial charge >= 0.3 is 0 Å². The van der Waals surface area contributed by atoms with Crippen LogP contribution in [0.1, 0.15) is 12.0 Å². The summed E-state index contributed by atoms with van der Waals surface area (Å²) in [5.74, 6) is 0.958. The van der Waals surface area contributed by atoms with Crippen molar-refractivity contribution >= 4 is 23.4 Å². The first-order valence-electron chi connectivity index (χ1n) is 6.07. The largest absolute Gasteiger partial charge is 0.302 e. The Morgan fingerprint density at radius 1 is 1.06 bits per heavy atom. The van der Waals surface area contributed by atoms with E-state index in [0.29, 0.717) is 0 Å². The van der Waals surface area contributed by atoms with Crippen LogP contribution in [0.5, 0.6) is 0 Å². The summed E-state index contributed by atoms with van der Waals surface area (Å²) in [6, 6.07) is 15.1. The van der Waals surface area contributed by atoms with E-state index in [-0.39, 0.29) is 0 Å². The third-order valence-electron chi connectivity index (χ3n) is 3.02. The Hall–Kier alpha value is -0.990. The summed E-state index contributed by atoms with van der Waals surface area (Å²) in [5.41, 5.74) is 1.41. The summed E-state index contributed by atoms with van der Waals surface area (Å²) in [5, 5.41) is 2.69. The monoisotopic (exact) mass is 245 g/mol. The lowest BCUT2D eigenvalue weighted by molar-refractivity contribution is 0.330. The quantitative estimate of drug-likeness (QED) is 0.788. The van der Waals surface area contributed by atoms with Crippen molar-refractivity contribution in [3.8, 4) is 0 Å². The van der Waals surface area contributed by atoms with Crippen LogP contribution in [0.15, 0.2) is 42.5 Å². The summed E-state index contributed by atoms with van der Waals surface area (Å²) in [7, 11) is 2.17. The smallest absolute Gasteiger partial charge is 0.0236 e. The highest BCUT2D eigenvalue weighted by Crippen LogP contribution is 2.19. The maximum atomic E-state index is 4.25. The fourth-order valence-corrected chi connectivity index (χ4v) is 2.28. The molecular weight excluding hydrogens is 226 g/mol. The topological polar surface area (TPSA) is 3.24 Å². The molecule has 2 heteroatoms. The highest BCUT2D eigenvalue weighted by Gasteiger charge is 2.03. The van der Waals surface area contributed by atoms with E-state index in [0.717, 1.165) is 25.3 Å². The molecule has 2 aromatic rings. The minimum absolute atomic E-state index is 0.958. The van der Waals surface area contributed by atoms with Crippen LogP contribution in [0.4, 0.5) is 0 Å². The SMILES string of the molecule is CN(CCCS)Cc1cccc2ccccc12. The molecule has 0 aliphatic carbocycles. The molecule has 0 spiro atoms. The van der Waals surface area contributed by atoms with Crippen molar-refractivity contribution in [2.45, 2.75) is 13.0 Å². The van der Waals surface area contributed by atoms with Gasteiger partial charge in [0.25, 0.3) is 0 Å². The molecule has 2 rings (SSSR count). The fourth-order valence-electron chi connectivity index (χ4n) is 2.14. The highest BCUT2D eigenvalue weighted by atomic mass is 32.1. The molecule has 2 aromatic carbocycles. The second kappa shape index (κ2) is 6.08. The third kappa shape index (κ3) is 3.24. The first-order valence-corrected chi connectivity index (χ1v) is 6.70. The minimum atomic E-state index is 0.958. The molecule has 1 nitrogen and oxygen atoms in total. The summed E-state index contributed by atoms with van der Waals surface area (Å²) < 4.78 is 0. The van der Waals surface area contributed by atoms with Gasteiger partial charge in [0, 0.05) is 6.54 Å². The molecule has 0 fully saturated rings. The first kappa shape index (κ1) is 12.5. The van der Waals surface area contributed by atoms with Crippen LogP contribution in [0, 0.1) is 0 Å². The van der Waals surface area contributed by atoms with Crippen LogP contribution in [0.25, 0.3) is 10.8 Å². The lowest BCUT2D eigenvalue weighted by Crippen LogP contribution is -2.19. The van der Waals surface area contributed by atoms with Crippen LogP contribution in [0.2, 0.25) is 0 Å². The summed E-state index contributed by atoms with van der Waals surface area (Å²) in [6.07, 6.45) is 1.14. The van der Waals surface area contributed by atoms with Gasteiger partial charge in [0.1, 0.15) is 0 Å². The van der Waals surface area contributed by atoms with E-state index in [1.807, 2.05) is 0 Å². The predicted octanol–water partition coefficient (Wildman–Crippen LogP) is 3.59. The Kier molecular flexibility index (Phi) is 4.46. The molecule has 0 bridgehead atoms. The number of hydrogen-bond acceptors (Lipinski definition) is 2. The minimum Gasteiger partial charge on any atom is -0.302 e. The van der Waals surface area contributed by atoms with Gasteiger partial charge in [-0.25, -0.2) is 0 Å². The van der Waals surface area contributed by atoms with Gasteiger partial charge in [-0.05, 0) is 42.1 Å². The van der Waals surface area contributed by atoms with Crippen LogP contribution in [-0.2, 0) is 6.54 Å². The molecule has 0 aliphatic rings. The Morgan fingerprint density at radius 3 is 2.65 bits per heavy atom. The summed E-state index contributed by atoms with van der Waals surface area (Å²) in [6.45, 7) is 2.11. The number of hydrogen-bond donors (Lipinski definition) is 1. The number of rotatable bonds is 5. The van der Waals surface area contributed by atoms with Crippen molar-refractivity contribution in [2.75, 3.05) is 19.3 Å². The van der Waals surface area contributed by atoms with Gasteiger partial charge in [-0.15, -0.1) is 0 Å². The van der Waals surface area contributed by atoms with Crippen molar-refractivity contribution in [1.82, 2.24) is 4.90 Å². The zero-order valence-electron chi connectivity index (χ0n) is 10.3. The Morgan fingerprint density at radius 2 is 1.82 bits per heavy atom. The molecular formula is C15H19NS. The summed E-state index contributed by atoms with van der Waals surface area (Å²) >= 11 is 4.25. The maximum Gasteiger partial charge on any atom is 0.0236 e. The zero-order chi connectivity index (χ0) is 12.1. The maximum absolute atomic E-state index is 4.25. The predicted molar refractivity (Wildman–Crippen MR) is 78.8 cm³/mol. The average Bonchev–Trinajstić information content (AvgIpc) is 2.37. The average molecular weight is 245 g/mol. The van der Waals surface area contributed by atoms with Gasteiger partial charge < -0.3 is 4.90 Å². The first-order chi connectivity index (χ1) is 8.31. The Labute approximate surface area is 109 Å². The van der Waals surface area contributed by atoms with Gasteiger partial charge in [0.2, 0.25) is 0 Å². The fraction of sp³-hybridized carbons (Fsp3) is 0.333. The lowest BCUT2D eigenvalue weighted by atomic mass is 10.0. The number of nitrogens with zero attached hydrogens (tertiary/aromatic N) is 1. The molecule has 0 aromatic heterocycles. The van der Waals surface area contributed by atoms with Crippen molar-refractivity contribution in [3.63, 3.8) is 0 Å². The molecule has 0 saturated carbocycles. The number of thiol groups is 1. The van der Waals surface area contributed by atoms with E-state index in [1.165, 1.54) is 16.3 Å². The van der Waals surface area contributed by atoms with E-state index >= 15 is 0 Å². The molecule has 0 heterocycles. The van der Waals surface area contributed by atoms with E-state index in [2.05, 4.69) is 67.0 Å². The van der Waals surface area contributed by atoms with Crippen molar-refractivity contribution in [1.29, 1.82) is 0 Å². The van der Waals surface area contributed by atoms with Crippen molar-refractivity contribution in [2.24, 2.45) is 0 Å². The van der Waals surface area contributed by atoms with Crippen LogP contribution in [-0.4, -0.2) is 24.2 Å². The molecule has 17 heavy (non-hydrogen) atoms. The number of benzene rings is 2. The lowest BCUT2D eigenvalue weighted by Gasteiger charge is -2.17. The van der Waals surface area contributed by atoms with E-state index in [9.17, 15) is 0 Å². The van der Waals surface area contributed by atoms with Gasteiger partial charge in [-0.2, -0.15) is 12.6 Å². The van der Waals surface area contributed by atoms with Crippen molar-refractivity contribution < 1.29 is 0 Å². The van der Waals surface area contributed by atoms with E-state index in [1.54, 1.807) is 0 Å². The Balaban J connectivity index is 2.18. The third-order valence-corrected chi connectivity index (χ3v) is 3.33. The standard InChI is InChI=1S/C15H19NS/c1-16(10-5-11-17)12-14-8-4-7-13-6-2-3-9-15(13)14/h2-4,6-9,17H,5,10-12H2,1H3. The van der Waals surface area contributed by atoms with Crippen molar-refractivity contribution in [3.05, 3.63) is 48.0 Å². The number of fused-ring (bicyclic) bond motifs is 1. The van der Waals surface area contributed by atoms with Gasteiger partial charge in [0.05, 0.1) is 0 Å². The molecule has 0 amide bonds. The normalized spacial score (nSPS) is 11.2. The molecule has 0 unspecified atom stereocenters. The Bertz CT molecular complexity index is 476. The van der Waals surface area contributed by atoms with Gasteiger partial charge in [-0.3, -0.25) is 0 Å². The molecule has 0 atom stereocenters. The van der Waals surface area contributed by atoms with Crippen LogP contribution >= 0.6 is 12.6 Å². The van der Waals surface area contributed by atoms with Gasteiger partial charge in [0.15, 0.2) is 0 Å². The van der Waals surface area contributed by atoms with Crippen LogP contribution in [0.3, 0.4) is 0 Å². The van der Waals surface area contributed by atoms with E-state index in [4.69, 9.17) is 0 Å². The molecule has 0 radical (unpaired) electrons. The highest BCUT2D eigenvalue weighted by molar-refractivity contribution is 7.80.